The number of para-hydroxylation sites is 3. The number of aromatic nitrogens is 1. The van der Waals surface area contributed by atoms with Gasteiger partial charge in [0.25, 0.3) is 0 Å². The molecule has 1 aromatic heterocycles. The molecule has 0 unspecified atom stereocenters. The van der Waals surface area contributed by atoms with Crippen LogP contribution in [-0.4, -0.2) is 24.1 Å². The largest absolute Gasteiger partial charge is 0.496 e. The Balaban J connectivity index is 1.68. The number of nitrogens with one attached hydrogen (secondary N) is 1. The average molecular weight is 380 g/mol. The third kappa shape index (κ3) is 4.47. The first-order valence-corrected chi connectivity index (χ1v) is 9.25. The van der Waals surface area contributed by atoms with Crippen molar-refractivity contribution in [3.05, 3.63) is 102 Å². The Morgan fingerprint density at radius 1 is 0.862 bits per heavy atom. The fourth-order valence-corrected chi connectivity index (χ4v) is 2.91. The van der Waals surface area contributed by atoms with Gasteiger partial charge in [-0.3, -0.25) is 5.43 Å². The Labute approximate surface area is 169 Å². The summed E-state index contributed by atoms with van der Waals surface area (Å²) in [4.78, 5) is 9.45. The molecule has 0 saturated carbocycles. The molecular weight excluding hydrogens is 360 g/mol. The quantitative estimate of drug-likeness (QED) is 0.303. The molecule has 0 aliphatic rings. The molecule has 5 nitrogen and oxygen atoms in total. The number of methoxy groups -OCH3 is 1. The van der Waals surface area contributed by atoms with Crippen LogP contribution in [0.2, 0.25) is 0 Å². The molecule has 0 aliphatic carbocycles. The van der Waals surface area contributed by atoms with Crippen LogP contribution in [-0.2, 0) is 0 Å². The van der Waals surface area contributed by atoms with Crippen LogP contribution in [0.15, 0.2) is 101 Å². The van der Waals surface area contributed by atoms with Crippen molar-refractivity contribution in [3.63, 3.8) is 0 Å². The summed E-state index contributed by atoms with van der Waals surface area (Å²) in [6.07, 6.45) is 1.71. The highest BCUT2D eigenvalue weighted by Crippen LogP contribution is 2.16. The monoisotopic (exact) mass is 380 g/mol. The van der Waals surface area contributed by atoms with Gasteiger partial charge in [0.1, 0.15) is 11.4 Å². The lowest BCUT2D eigenvalue weighted by Crippen LogP contribution is -2.20. The van der Waals surface area contributed by atoms with E-state index in [1.165, 1.54) is 0 Å². The number of ether oxygens (including phenoxy) is 1. The molecule has 3 aromatic carbocycles. The fourth-order valence-electron chi connectivity index (χ4n) is 2.91. The van der Waals surface area contributed by atoms with Gasteiger partial charge in [-0.05, 0) is 36.4 Å². The number of aliphatic imine (C=N–C) groups is 1. The van der Waals surface area contributed by atoms with Crippen molar-refractivity contribution >= 4 is 28.6 Å². The number of rotatable bonds is 5. The lowest BCUT2D eigenvalue weighted by Gasteiger charge is -2.08. The predicted octanol–water partition coefficient (Wildman–Crippen LogP) is 4.95. The van der Waals surface area contributed by atoms with Gasteiger partial charge in [0, 0.05) is 10.9 Å². The summed E-state index contributed by atoms with van der Waals surface area (Å²) >= 11 is 0. The summed E-state index contributed by atoms with van der Waals surface area (Å²) in [6.45, 7) is 0. The second-order valence-corrected chi connectivity index (χ2v) is 6.30. The standard InChI is InChI=1S/C24H20N4O/c1-29-23-14-8-6-10-19(23)17-25-28-24(26-20-11-3-2-4-12-20)22-16-15-18-9-5-7-13-21(18)27-22/h2-17H,1H3,(H,26,28). The van der Waals surface area contributed by atoms with E-state index < -0.39 is 0 Å². The van der Waals surface area contributed by atoms with Crippen molar-refractivity contribution in [2.24, 2.45) is 10.1 Å². The van der Waals surface area contributed by atoms with Crippen molar-refractivity contribution in [1.29, 1.82) is 0 Å². The Hall–Kier alpha value is -3.99. The summed E-state index contributed by atoms with van der Waals surface area (Å²) in [5.74, 6) is 1.32. The zero-order chi connectivity index (χ0) is 19.9. The first-order chi connectivity index (χ1) is 14.3. The molecule has 29 heavy (non-hydrogen) atoms. The maximum absolute atomic E-state index is 5.37. The third-order valence-corrected chi connectivity index (χ3v) is 4.35. The number of benzene rings is 3. The molecule has 0 fully saturated rings. The second-order valence-electron chi connectivity index (χ2n) is 6.30. The normalized spacial score (nSPS) is 11.7. The number of amidine groups is 1. The van der Waals surface area contributed by atoms with Gasteiger partial charge in [-0.1, -0.05) is 54.6 Å². The highest BCUT2D eigenvalue weighted by Gasteiger charge is 2.07. The number of hydrogen-bond acceptors (Lipinski definition) is 4. The molecule has 142 valence electrons. The van der Waals surface area contributed by atoms with Crippen LogP contribution >= 0.6 is 0 Å². The molecule has 4 aromatic rings. The molecule has 0 radical (unpaired) electrons. The van der Waals surface area contributed by atoms with E-state index in [2.05, 4.69) is 10.5 Å². The number of fused-ring (bicyclic) bond motifs is 1. The van der Waals surface area contributed by atoms with E-state index in [1.54, 1.807) is 13.3 Å². The van der Waals surface area contributed by atoms with Crippen LogP contribution in [0.1, 0.15) is 11.3 Å². The van der Waals surface area contributed by atoms with Crippen molar-refractivity contribution in [2.75, 3.05) is 7.11 Å². The Morgan fingerprint density at radius 3 is 2.48 bits per heavy atom. The van der Waals surface area contributed by atoms with Crippen molar-refractivity contribution in [2.45, 2.75) is 0 Å². The van der Waals surface area contributed by atoms with Crippen LogP contribution in [0.4, 0.5) is 5.69 Å². The zero-order valence-electron chi connectivity index (χ0n) is 16.0. The molecule has 0 atom stereocenters. The van der Waals surface area contributed by atoms with E-state index in [9.17, 15) is 0 Å². The lowest BCUT2D eigenvalue weighted by molar-refractivity contribution is 0.414. The lowest BCUT2D eigenvalue weighted by atomic mass is 10.2. The highest BCUT2D eigenvalue weighted by molar-refractivity contribution is 6.00. The highest BCUT2D eigenvalue weighted by atomic mass is 16.5. The first kappa shape index (κ1) is 18.4. The van der Waals surface area contributed by atoms with Gasteiger partial charge in [-0.2, -0.15) is 5.10 Å². The van der Waals surface area contributed by atoms with Gasteiger partial charge in [0.15, 0.2) is 5.84 Å². The van der Waals surface area contributed by atoms with Crippen LogP contribution < -0.4 is 10.2 Å². The summed E-state index contributed by atoms with van der Waals surface area (Å²) in [5, 5.41) is 5.45. The van der Waals surface area contributed by atoms with Gasteiger partial charge < -0.3 is 4.74 Å². The van der Waals surface area contributed by atoms with E-state index in [0.717, 1.165) is 27.9 Å². The van der Waals surface area contributed by atoms with E-state index in [0.29, 0.717) is 11.5 Å². The Morgan fingerprint density at radius 2 is 1.62 bits per heavy atom. The summed E-state index contributed by atoms with van der Waals surface area (Å²) in [6, 6.07) is 29.4. The Kier molecular flexibility index (Phi) is 5.58. The van der Waals surface area contributed by atoms with Gasteiger partial charge in [-0.15, -0.1) is 0 Å². The maximum atomic E-state index is 5.37. The van der Waals surface area contributed by atoms with Crippen LogP contribution in [0.5, 0.6) is 5.75 Å². The van der Waals surface area contributed by atoms with Gasteiger partial charge in [0.05, 0.1) is 24.5 Å². The average Bonchev–Trinajstić information content (AvgIpc) is 2.79. The van der Waals surface area contributed by atoms with E-state index in [4.69, 9.17) is 14.7 Å². The minimum Gasteiger partial charge on any atom is -0.496 e. The van der Waals surface area contributed by atoms with Gasteiger partial charge >= 0.3 is 0 Å². The molecule has 1 heterocycles. The van der Waals surface area contributed by atoms with Crippen LogP contribution in [0.25, 0.3) is 10.9 Å². The number of hydrogen-bond donors (Lipinski definition) is 1. The second kappa shape index (κ2) is 8.80. The number of pyridine rings is 1. The van der Waals surface area contributed by atoms with Crippen LogP contribution in [0, 0.1) is 0 Å². The molecular formula is C24H20N4O. The van der Waals surface area contributed by atoms with Gasteiger partial charge in [0.2, 0.25) is 0 Å². The minimum absolute atomic E-state index is 0.563. The van der Waals surface area contributed by atoms with E-state index in [-0.39, 0.29) is 0 Å². The summed E-state index contributed by atoms with van der Waals surface area (Å²) in [5.41, 5.74) is 6.35. The van der Waals surface area contributed by atoms with E-state index in [1.807, 2.05) is 91.0 Å². The molecule has 0 aliphatic heterocycles. The van der Waals surface area contributed by atoms with Crippen molar-refractivity contribution in [1.82, 2.24) is 10.4 Å². The summed E-state index contributed by atoms with van der Waals surface area (Å²) < 4.78 is 5.37. The Bertz CT molecular complexity index is 1170. The molecule has 0 bridgehead atoms. The molecule has 0 amide bonds. The molecule has 0 spiro atoms. The van der Waals surface area contributed by atoms with E-state index >= 15 is 0 Å². The number of nitrogens with zero attached hydrogens (tertiary/aromatic N) is 3. The molecule has 5 heteroatoms. The maximum Gasteiger partial charge on any atom is 0.173 e. The smallest absolute Gasteiger partial charge is 0.173 e. The molecule has 0 saturated heterocycles. The topological polar surface area (TPSA) is 58.9 Å². The predicted molar refractivity (Wildman–Crippen MR) is 118 cm³/mol. The summed E-state index contributed by atoms with van der Waals surface area (Å²) in [7, 11) is 1.64. The van der Waals surface area contributed by atoms with Crippen LogP contribution in [0.3, 0.4) is 0 Å². The SMILES string of the molecule is COc1ccccc1C=NNC(=Nc1ccccc1)c1ccc2ccccc2n1. The third-order valence-electron chi connectivity index (χ3n) is 4.35. The minimum atomic E-state index is 0.563. The number of hydrazone groups is 1. The van der Waals surface area contributed by atoms with Gasteiger partial charge in [-0.25, -0.2) is 9.98 Å². The zero-order valence-corrected chi connectivity index (χ0v) is 16.0. The van der Waals surface area contributed by atoms with Crippen molar-refractivity contribution in [3.8, 4) is 5.75 Å². The first-order valence-electron chi connectivity index (χ1n) is 9.25. The van der Waals surface area contributed by atoms with Crippen molar-refractivity contribution < 1.29 is 4.74 Å². The fraction of sp³-hybridized carbons (Fsp3) is 0.0417. The molecule has 1 N–H and O–H groups in total. The molecule has 4 rings (SSSR count).